The molecule has 0 aliphatic carbocycles. The van der Waals surface area contributed by atoms with Crippen LogP contribution in [-0.4, -0.2) is 43.0 Å². The van der Waals surface area contributed by atoms with Crippen molar-refractivity contribution in [1.82, 2.24) is 4.98 Å². The molecule has 0 amide bonds. The van der Waals surface area contributed by atoms with Crippen LogP contribution in [0.15, 0.2) is 18.2 Å². The molecule has 0 radical (unpaired) electrons. The summed E-state index contributed by atoms with van der Waals surface area (Å²) in [5.74, 6) is 1.43. The number of benzene rings is 1. The zero-order valence-electron chi connectivity index (χ0n) is 14.8. The molecule has 2 aromatic rings. The average molecular weight is 326 g/mol. The van der Waals surface area contributed by atoms with Crippen molar-refractivity contribution >= 4 is 16.7 Å². The molecule has 2 aliphatic heterocycles. The fraction of sp³-hybridized carbons (Fsp3) is 0.550. The highest BCUT2D eigenvalue weighted by Crippen LogP contribution is 2.43. The van der Waals surface area contributed by atoms with Crippen molar-refractivity contribution in [2.24, 2.45) is 11.3 Å². The molecule has 0 saturated carbocycles. The minimum atomic E-state index is -0.0234. The summed E-state index contributed by atoms with van der Waals surface area (Å²) in [4.78, 5) is 7.36. The van der Waals surface area contributed by atoms with E-state index >= 15 is 0 Å². The molecule has 4 rings (SSSR count). The fourth-order valence-corrected chi connectivity index (χ4v) is 4.32. The molecule has 4 nitrogen and oxygen atoms in total. The van der Waals surface area contributed by atoms with E-state index in [2.05, 4.69) is 43.9 Å². The molecule has 2 aliphatic rings. The molecule has 0 spiro atoms. The molecule has 1 N–H and O–H groups in total. The largest absolute Gasteiger partial charge is 0.396 e. The number of ether oxygens (including phenoxy) is 1. The van der Waals surface area contributed by atoms with Gasteiger partial charge in [0, 0.05) is 36.4 Å². The Morgan fingerprint density at radius 3 is 2.88 bits per heavy atom. The summed E-state index contributed by atoms with van der Waals surface area (Å²) < 4.78 is 5.67. The smallest absolute Gasteiger partial charge is 0.129 e. The summed E-state index contributed by atoms with van der Waals surface area (Å²) in [7, 11) is 0. The highest BCUT2D eigenvalue weighted by molar-refractivity contribution is 5.87. The third-order valence-corrected chi connectivity index (χ3v) is 6.21. The highest BCUT2D eigenvalue weighted by atomic mass is 16.5. The number of aromatic nitrogens is 1. The third-order valence-electron chi connectivity index (χ3n) is 6.21. The summed E-state index contributed by atoms with van der Waals surface area (Å²) in [5.41, 5.74) is 4.89. The van der Waals surface area contributed by atoms with Gasteiger partial charge in [-0.3, -0.25) is 0 Å². The van der Waals surface area contributed by atoms with Crippen molar-refractivity contribution in [3.63, 3.8) is 0 Å². The Hall–Kier alpha value is -1.65. The maximum atomic E-state index is 10.0. The minimum Gasteiger partial charge on any atom is -0.396 e. The Morgan fingerprint density at radius 1 is 1.29 bits per heavy atom. The Kier molecular flexibility index (Phi) is 3.77. The SMILES string of the molecule is Cc1ccc2c(C)cc(N3C[C@@H]4COCC[C@]4(CO)C3)nc2c1C. The molecule has 3 heterocycles. The average Bonchev–Trinajstić information content (AvgIpc) is 2.98. The van der Waals surface area contributed by atoms with Crippen molar-refractivity contribution < 1.29 is 9.84 Å². The van der Waals surface area contributed by atoms with Gasteiger partial charge in [-0.2, -0.15) is 0 Å². The standard InChI is InChI=1S/C20H26N2O2/c1-13-4-5-17-14(2)8-18(21-19(17)15(13)3)22-9-16-10-24-7-6-20(16,11-22)12-23/h4-5,8,16,23H,6-7,9-12H2,1-3H3/t16-,20-/m1/s1. The first-order valence-electron chi connectivity index (χ1n) is 8.85. The lowest BCUT2D eigenvalue weighted by Gasteiger charge is -2.36. The summed E-state index contributed by atoms with van der Waals surface area (Å²) in [6.45, 7) is 10.00. The zero-order chi connectivity index (χ0) is 16.9. The van der Waals surface area contributed by atoms with Gasteiger partial charge in [0.1, 0.15) is 5.82 Å². The molecular weight excluding hydrogens is 300 g/mol. The van der Waals surface area contributed by atoms with E-state index in [1.54, 1.807) is 0 Å². The van der Waals surface area contributed by atoms with Gasteiger partial charge in [0.15, 0.2) is 0 Å². The second-order valence-electron chi connectivity index (χ2n) is 7.62. The molecule has 0 unspecified atom stereocenters. The predicted octanol–water partition coefficient (Wildman–Crippen LogP) is 3.00. The van der Waals surface area contributed by atoms with Gasteiger partial charge in [-0.25, -0.2) is 4.98 Å². The van der Waals surface area contributed by atoms with Gasteiger partial charge >= 0.3 is 0 Å². The molecule has 24 heavy (non-hydrogen) atoms. The van der Waals surface area contributed by atoms with E-state index in [9.17, 15) is 5.11 Å². The van der Waals surface area contributed by atoms with Crippen molar-refractivity contribution in [1.29, 1.82) is 0 Å². The van der Waals surface area contributed by atoms with Crippen LogP contribution in [0.25, 0.3) is 10.9 Å². The number of hydrogen-bond acceptors (Lipinski definition) is 4. The number of pyridine rings is 1. The number of anilines is 1. The van der Waals surface area contributed by atoms with Crippen LogP contribution in [0.2, 0.25) is 0 Å². The van der Waals surface area contributed by atoms with Gasteiger partial charge in [0.05, 0.1) is 18.7 Å². The van der Waals surface area contributed by atoms with Gasteiger partial charge in [-0.05, 0) is 49.9 Å². The topological polar surface area (TPSA) is 45.6 Å². The second-order valence-corrected chi connectivity index (χ2v) is 7.62. The lowest BCUT2D eigenvalue weighted by Crippen LogP contribution is -2.41. The normalized spacial score (nSPS) is 26.8. The van der Waals surface area contributed by atoms with E-state index < -0.39 is 0 Å². The summed E-state index contributed by atoms with van der Waals surface area (Å²) >= 11 is 0. The van der Waals surface area contributed by atoms with Crippen molar-refractivity contribution in [2.75, 3.05) is 37.8 Å². The van der Waals surface area contributed by atoms with Gasteiger partial charge < -0.3 is 14.7 Å². The van der Waals surface area contributed by atoms with Crippen LogP contribution in [-0.2, 0) is 4.74 Å². The third kappa shape index (κ3) is 2.32. The van der Waals surface area contributed by atoms with Crippen LogP contribution in [0.3, 0.4) is 0 Å². The first-order valence-corrected chi connectivity index (χ1v) is 8.85. The number of aliphatic hydroxyl groups is 1. The Morgan fingerprint density at radius 2 is 2.12 bits per heavy atom. The Bertz CT molecular complexity index is 789. The van der Waals surface area contributed by atoms with Gasteiger partial charge in [-0.15, -0.1) is 0 Å². The molecular formula is C20H26N2O2. The molecule has 2 fully saturated rings. The van der Waals surface area contributed by atoms with Gasteiger partial charge in [0.2, 0.25) is 0 Å². The van der Waals surface area contributed by atoms with Crippen molar-refractivity contribution in [2.45, 2.75) is 27.2 Å². The molecule has 1 aromatic carbocycles. The van der Waals surface area contributed by atoms with Crippen LogP contribution >= 0.6 is 0 Å². The molecule has 0 bridgehead atoms. The maximum Gasteiger partial charge on any atom is 0.129 e. The molecule has 4 heteroatoms. The second kappa shape index (κ2) is 5.71. The number of rotatable bonds is 2. The first-order chi connectivity index (χ1) is 11.5. The van der Waals surface area contributed by atoms with Crippen molar-refractivity contribution in [3.8, 4) is 0 Å². The molecule has 128 valence electrons. The molecule has 1 aromatic heterocycles. The van der Waals surface area contributed by atoms with Crippen LogP contribution in [0.4, 0.5) is 5.82 Å². The first kappa shape index (κ1) is 15.9. The van der Waals surface area contributed by atoms with E-state index in [1.807, 2.05) is 0 Å². The number of nitrogens with zero attached hydrogens (tertiary/aromatic N) is 2. The lowest BCUT2D eigenvalue weighted by molar-refractivity contribution is -0.0410. The van der Waals surface area contributed by atoms with Gasteiger partial charge in [-0.1, -0.05) is 12.1 Å². The van der Waals surface area contributed by atoms with Crippen molar-refractivity contribution in [3.05, 3.63) is 34.9 Å². The predicted molar refractivity (Wildman–Crippen MR) is 96.6 cm³/mol. The van der Waals surface area contributed by atoms with Crippen LogP contribution < -0.4 is 4.90 Å². The highest BCUT2D eigenvalue weighted by Gasteiger charge is 2.48. The fourth-order valence-electron chi connectivity index (χ4n) is 4.32. The number of aliphatic hydroxyl groups excluding tert-OH is 1. The van der Waals surface area contributed by atoms with E-state index in [4.69, 9.17) is 9.72 Å². The lowest BCUT2D eigenvalue weighted by atomic mass is 9.75. The summed E-state index contributed by atoms with van der Waals surface area (Å²) in [6.07, 6.45) is 0.940. The van der Waals surface area contributed by atoms with Crippen LogP contribution in [0.1, 0.15) is 23.1 Å². The van der Waals surface area contributed by atoms with Gasteiger partial charge in [0.25, 0.3) is 0 Å². The van der Waals surface area contributed by atoms with E-state index in [-0.39, 0.29) is 12.0 Å². The molecule has 2 saturated heterocycles. The minimum absolute atomic E-state index is 0.0234. The monoisotopic (exact) mass is 326 g/mol. The molecule has 2 atom stereocenters. The van der Waals surface area contributed by atoms with Crippen LogP contribution in [0, 0.1) is 32.1 Å². The maximum absolute atomic E-state index is 10.0. The van der Waals surface area contributed by atoms with E-state index in [1.165, 1.54) is 22.1 Å². The quantitative estimate of drug-likeness (QED) is 0.921. The Labute approximate surface area is 143 Å². The van der Waals surface area contributed by atoms with E-state index in [0.29, 0.717) is 5.92 Å². The summed E-state index contributed by atoms with van der Waals surface area (Å²) in [5, 5.41) is 11.3. The number of hydrogen-bond donors (Lipinski definition) is 1. The number of aryl methyl sites for hydroxylation is 3. The number of fused-ring (bicyclic) bond motifs is 2. The summed E-state index contributed by atoms with van der Waals surface area (Å²) in [6, 6.07) is 6.55. The van der Waals surface area contributed by atoms with E-state index in [0.717, 1.165) is 44.1 Å². The van der Waals surface area contributed by atoms with Crippen LogP contribution in [0.5, 0.6) is 0 Å². The Balaban J connectivity index is 1.76. The zero-order valence-corrected chi connectivity index (χ0v) is 14.8.